The summed E-state index contributed by atoms with van der Waals surface area (Å²) >= 11 is 0. The van der Waals surface area contributed by atoms with Crippen LogP contribution >= 0.6 is 0 Å². The van der Waals surface area contributed by atoms with Gasteiger partial charge in [-0.3, -0.25) is 4.84 Å². The minimum atomic E-state index is -1.03. The van der Waals surface area contributed by atoms with Gasteiger partial charge in [0.25, 0.3) is 0 Å². The lowest BCUT2D eigenvalue weighted by atomic mass is 9.91. The molecule has 0 radical (unpaired) electrons. The number of nitrogens with zero attached hydrogens (tertiary/aromatic N) is 2. The van der Waals surface area contributed by atoms with Crippen LogP contribution in [0.5, 0.6) is 0 Å². The van der Waals surface area contributed by atoms with E-state index in [4.69, 9.17) is 4.84 Å². The summed E-state index contributed by atoms with van der Waals surface area (Å²) in [5.41, 5.74) is 1.47. The molecule has 2 aliphatic heterocycles. The maximum absolute atomic E-state index is 12.3. The van der Waals surface area contributed by atoms with E-state index < -0.39 is 18.0 Å². The molecule has 1 aromatic rings. The Morgan fingerprint density at radius 3 is 2.80 bits per heavy atom. The Bertz CT molecular complexity index is 586. The highest BCUT2D eigenvalue weighted by atomic mass is 16.7. The number of rotatable bonds is 4. The summed E-state index contributed by atoms with van der Waals surface area (Å²) in [5.74, 6) is -1.03. The highest BCUT2D eigenvalue weighted by Crippen LogP contribution is 2.43. The Hall–Kier alpha value is -2.34. The lowest BCUT2D eigenvalue weighted by Crippen LogP contribution is -2.38. The van der Waals surface area contributed by atoms with Gasteiger partial charge < -0.3 is 10.0 Å². The zero-order valence-corrected chi connectivity index (χ0v) is 10.7. The van der Waals surface area contributed by atoms with E-state index in [1.165, 1.54) is 9.96 Å². The zero-order valence-electron chi connectivity index (χ0n) is 10.7. The summed E-state index contributed by atoms with van der Waals surface area (Å²) in [4.78, 5) is 30.5. The van der Waals surface area contributed by atoms with Crippen molar-refractivity contribution in [2.45, 2.75) is 12.1 Å². The summed E-state index contributed by atoms with van der Waals surface area (Å²) in [6.45, 7) is 4.08. The van der Waals surface area contributed by atoms with E-state index in [-0.39, 0.29) is 12.6 Å². The van der Waals surface area contributed by atoms with Crippen molar-refractivity contribution in [2.75, 3.05) is 13.2 Å². The van der Waals surface area contributed by atoms with Crippen LogP contribution in [-0.2, 0) is 9.63 Å². The second kappa shape index (κ2) is 4.64. The van der Waals surface area contributed by atoms with Gasteiger partial charge in [0.2, 0.25) is 0 Å². The molecule has 0 spiro atoms. The Morgan fingerprint density at radius 2 is 2.15 bits per heavy atom. The van der Waals surface area contributed by atoms with E-state index in [1.807, 2.05) is 12.1 Å². The Morgan fingerprint density at radius 1 is 1.45 bits per heavy atom. The lowest BCUT2D eigenvalue weighted by Gasteiger charge is -2.29. The van der Waals surface area contributed by atoms with Crippen LogP contribution in [0.3, 0.4) is 0 Å². The topological polar surface area (TPSA) is 70.1 Å². The predicted octanol–water partition coefficient (Wildman–Crippen LogP) is 1.72. The molecule has 2 bridgehead atoms. The number of hydroxylamine groups is 2. The van der Waals surface area contributed by atoms with Crippen LogP contribution in [0, 0.1) is 0 Å². The number of urea groups is 1. The van der Waals surface area contributed by atoms with Gasteiger partial charge >= 0.3 is 12.0 Å². The van der Waals surface area contributed by atoms with Crippen LogP contribution < -0.4 is 0 Å². The highest BCUT2D eigenvalue weighted by molar-refractivity contribution is 5.87. The maximum atomic E-state index is 12.3. The first kappa shape index (κ1) is 12.7. The first-order valence-corrected chi connectivity index (χ1v) is 6.30. The number of hydrogen-bond acceptors (Lipinski definition) is 3. The smallest absolute Gasteiger partial charge is 0.345 e. The van der Waals surface area contributed by atoms with Gasteiger partial charge in [-0.05, 0) is 11.1 Å². The van der Waals surface area contributed by atoms with Crippen LogP contribution in [0.1, 0.15) is 23.2 Å². The molecule has 6 heteroatoms. The third-order valence-electron chi connectivity index (χ3n) is 3.61. The number of amides is 2. The van der Waals surface area contributed by atoms with Gasteiger partial charge in [-0.1, -0.05) is 30.3 Å². The highest BCUT2D eigenvalue weighted by Gasteiger charge is 2.50. The van der Waals surface area contributed by atoms with Crippen LogP contribution in [0.15, 0.2) is 36.9 Å². The normalized spacial score (nSPS) is 23.7. The first-order valence-electron chi connectivity index (χ1n) is 6.30. The van der Waals surface area contributed by atoms with Crippen LogP contribution in [0.2, 0.25) is 0 Å². The van der Waals surface area contributed by atoms with E-state index in [0.29, 0.717) is 12.1 Å². The number of benzene rings is 1. The fraction of sp³-hybridized carbons (Fsp3) is 0.286. The van der Waals surface area contributed by atoms with Crippen molar-refractivity contribution in [3.8, 4) is 0 Å². The third-order valence-corrected chi connectivity index (χ3v) is 3.61. The average Bonchev–Trinajstić information content (AvgIpc) is 2.71. The molecule has 0 aromatic heterocycles. The van der Waals surface area contributed by atoms with Crippen molar-refractivity contribution in [1.29, 1.82) is 0 Å². The van der Waals surface area contributed by atoms with Crippen molar-refractivity contribution < 1.29 is 19.5 Å². The molecular weight excluding hydrogens is 260 g/mol. The number of carbonyl (C=O) groups excluding carboxylic acids is 1. The number of carboxylic acid groups (broad SMARTS) is 1. The number of hydrogen-bond donors (Lipinski definition) is 1. The molecule has 104 valence electrons. The molecule has 2 amide bonds. The Labute approximate surface area is 115 Å². The van der Waals surface area contributed by atoms with Gasteiger partial charge in [-0.15, -0.1) is 6.58 Å². The molecular formula is C14H14N2O4. The molecule has 1 fully saturated rings. The molecule has 0 aliphatic carbocycles. The second-order valence-corrected chi connectivity index (χ2v) is 4.73. The average molecular weight is 274 g/mol. The van der Waals surface area contributed by atoms with E-state index in [0.717, 1.165) is 5.56 Å². The summed E-state index contributed by atoms with van der Waals surface area (Å²) in [5, 5.41) is 10.7. The molecule has 2 atom stereocenters. The van der Waals surface area contributed by atoms with Crippen molar-refractivity contribution in [2.24, 2.45) is 0 Å². The van der Waals surface area contributed by atoms with Crippen molar-refractivity contribution in [1.82, 2.24) is 9.96 Å². The zero-order chi connectivity index (χ0) is 14.3. The first-order chi connectivity index (χ1) is 9.65. The van der Waals surface area contributed by atoms with E-state index >= 15 is 0 Å². The third kappa shape index (κ3) is 1.69. The molecule has 1 saturated heterocycles. The molecule has 2 heterocycles. The SMILES string of the molecule is C=CCON1C(=O)N2C[C@H]1c1ccccc1C2C(=O)O. The van der Waals surface area contributed by atoms with Crippen molar-refractivity contribution in [3.05, 3.63) is 48.0 Å². The Kier molecular flexibility index (Phi) is 2.94. The van der Waals surface area contributed by atoms with Crippen LogP contribution in [0.25, 0.3) is 0 Å². The Balaban J connectivity index is 2.06. The standard InChI is InChI=1S/C14H14N2O4/c1-2-7-20-16-11-8-15(14(16)19)12(13(17)18)10-6-4-3-5-9(10)11/h2-6,11-12H,1,7-8H2,(H,17,18)/t11-,12?/m0/s1. The van der Waals surface area contributed by atoms with Gasteiger partial charge in [0.15, 0.2) is 6.04 Å². The van der Waals surface area contributed by atoms with Crippen LogP contribution in [-0.4, -0.2) is 40.2 Å². The van der Waals surface area contributed by atoms with Gasteiger partial charge in [-0.25, -0.2) is 9.59 Å². The summed E-state index contributed by atoms with van der Waals surface area (Å²) in [6.07, 6.45) is 1.55. The number of carboxylic acids is 1. The predicted molar refractivity (Wildman–Crippen MR) is 69.6 cm³/mol. The van der Waals surface area contributed by atoms with E-state index in [2.05, 4.69) is 6.58 Å². The minimum absolute atomic E-state index is 0.204. The van der Waals surface area contributed by atoms with Gasteiger partial charge in [0, 0.05) is 0 Å². The molecule has 1 aromatic carbocycles. The summed E-state index contributed by atoms with van der Waals surface area (Å²) in [6, 6.07) is 5.57. The minimum Gasteiger partial charge on any atom is -0.479 e. The van der Waals surface area contributed by atoms with E-state index in [1.54, 1.807) is 18.2 Å². The quantitative estimate of drug-likeness (QED) is 0.849. The van der Waals surface area contributed by atoms with E-state index in [9.17, 15) is 14.7 Å². The molecule has 20 heavy (non-hydrogen) atoms. The molecule has 1 unspecified atom stereocenters. The monoisotopic (exact) mass is 274 g/mol. The largest absolute Gasteiger partial charge is 0.479 e. The summed E-state index contributed by atoms with van der Waals surface area (Å²) < 4.78 is 0. The number of aliphatic carboxylic acids is 1. The van der Waals surface area contributed by atoms with Gasteiger partial charge in [0.05, 0.1) is 13.2 Å². The fourth-order valence-corrected chi connectivity index (χ4v) is 2.81. The van der Waals surface area contributed by atoms with Crippen LogP contribution in [0.4, 0.5) is 4.79 Å². The molecule has 2 aliphatic rings. The molecule has 3 rings (SSSR count). The van der Waals surface area contributed by atoms with Gasteiger partial charge in [0.1, 0.15) is 6.04 Å². The molecule has 1 N–H and O–H groups in total. The molecule has 0 saturated carbocycles. The van der Waals surface area contributed by atoms with Crippen molar-refractivity contribution in [3.63, 3.8) is 0 Å². The summed E-state index contributed by atoms with van der Waals surface area (Å²) in [7, 11) is 0. The lowest BCUT2D eigenvalue weighted by molar-refractivity contribution is -0.142. The van der Waals surface area contributed by atoms with Gasteiger partial charge in [-0.2, -0.15) is 5.06 Å². The maximum Gasteiger partial charge on any atom is 0.345 e. The molecule has 6 nitrogen and oxygen atoms in total. The second-order valence-electron chi connectivity index (χ2n) is 4.73. The number of carbonyl (C=O) groups is 2. The fourth-order valence-electron chi connectivity index (χ4n) is 2.81. The number of fused-ring (bicyclic) bond motifs is 4. The van der Waals surface area contributed by atoms with Crippen molar-refractivity contribution >= 4 is 12.0 Å².